The fourth-order valence-electron chi connectivity index (χ4n) is 1.86. The van der Waals surface area contributed by atoms with Crippen molar-refractivity contribution in [3.05, 3.63) is 51.5 Å². The number of rotatable bonds is 1. The summed E-state index contributed by atoms with van der Waals surface area (Å²) in [7, 11) is 0. The molecule has 0 saturated carbocycles. The molecule has 0 radical (unpaired) electrons. The van der Waals surface area contributed by atoms with Crippen molar-refractivity contribution in [2.45, 2.75) is 0 Å². The molecule has 0 unspecified atom stereocenters. The monoisotopic (exact) mass is 365 g/mol. The lowest BCUT2D eigenvalue weighted by atomic mass is 10.1. The van der Waals surface area contributed by atoms with Crippen molar-refractivity contribution >= 4 is 43.3 Å². The predicted octanol–water partition coefficient (Wildman–Crippen LogP) is 4.11. The molecule has 0 fully saturated rings. The zero-order valence-corrected chi connectivity index (χ0v) is 12.4. The van der Waals surface area contributed by atoms with Crippen molar-refractivity contribution < 1.29 is 0 Å². The molecule has 18 heavy (non-hydrogen) atoms. The van der Waals surface area contributed by atoms with E-state index in [2.05, 4.69) is 36.8 Å². The fourth-order valence-corrected chi connectivity index (χ4v) is 2.46. The fraction of sp³-hybridized carbons (Fsp3) is 0. The van der Waals surface area contributed by atoms with E-state index >= 15 is 0 Å². The van der Waals surface area contributed by atoms with Crippen LogP contribution >= 0.6 is 31.9 Å². The molecule has 3 rings (SSSR count). The van der Waals surface area contributed by atoms with Crippen molar-refractivity contribution in [1.82, 2.24) is 9.38 Å². The number of aromatic nitrogens is 2. The van der Waals surface area contributed by atoms with Crippen LogP contribution in [0.4, 0.5) is 5.82 Å². The molecule has 90 valence electrons. The zero-order valence-electron chi connectivity index (χ0n) is 9.27. The zero-order chi connectivity index (χ0) is 12.7. The third-order valence-corrected chi connectivity index (χ3v) is 3.73. The summed E-state index contributed by atoms with van der Waals surface area (Å²) >= 11 is 6.85. The maximum atomic E-state index is 6.15. The number of nitrogens with two attached hydrogens (primary N) is 1. The SMILES string of the molecule is Nc1c(-c2ccc(Br)cc2)nc2ccc(Br)cn12. The Morgan fingerprint density at radius 2 is 1.61 bits per heavy atom. The summed E-state index contributed by atoms with van der Waals surface area (Å²) in [6.07, 6.45) is 1.92. The third-order valence-electron chi connectivity index (χ3n) is 2.74. The third kappa shape index (κ3) is 1.93. The van der Waals surface area contributed by atoms with Gasteiger partial charge in [-0.25, -0.2) is 4.98 Å². The first-order valence-corrected chi connectivity index (χ1v) is 6.93. The Labute approximate surface area is 121 Å². The van der Waals surface area contributed by atoms with Gasteiger partial charge in [-0.2, -0.15) is 0 Å². The number of nitrogen functional groups attached to an aromatic ring is 1. The lowest BCUT2D eigenvalue weighted by Gasteiger charge is -2.00. The minimum absolute atomic E-state index is 0.647. The minimum Gasteiger partial charge on any atom is -0.383 e. The second-order valence-electron chi connectivity index (χ2n) is 3.93. The highest BCUT2D eigenvalue weighted by Gasteiger charge is 2.11. The molecule has 0 aliphatic carbocycles. The summed E-state index contributed by atoms with van der Waals surface area (Å²) in [4.78, 5) is 4.56. The molecule has 0 amide bonds. The van der Waals surface area contributed by atoms with E-state index < -0.39 is 0 Å². The summed E-state index contributed by atoms with van der Waals surface area (Å²) in [5.41, 5.74) is 8.80. The highest BCUT2D eigenvalue weighted by Crippen LogP contribution is 2.28. The van der Waals surface area contributed by atoms with E-state index in [1.807, 2.05) is 47.0 Å². The number of nitrogens with zero attached hydrogens (tertiary/aromatic N) is 2. The number of hydrogen-bond acceptors (Lipinski definition) is 2. The highest BCUT2D eigenvalue weighted by atomic mass is 79.9. The molecule has 0 aliphatic heterocycles. The Hall–Kier alpha value is -1.33. The Bertz CT molecular complexity index is 717. The minimum atomic E-state index is 0.647. The maximum Gasteiger partial charge on any atom is 0.139 e. The molecule has 2 heterocycles. The van der Waals surface area contributed by atoms with Gasteiger partial charge in [-0.05, 0) is 40.2 Å². The van der Waals surface area contributed by atoms with E-state index in [9.17, 15) is 0 Å². The highest BCUT2D eigenvalue weighted by molar-refractivity contribution is 9.10. The van der Waals surface area contributed by atoms with Crippen LogP contribution in [0.3, 0.4) is 0 Å². The van der Waals surface area contributed by atoms with Gasteiger partial charge >= 0.3 is 0 Å². The molecule has 3 aromatic rings. The first-order valence-electron chi connectivity index (χ1n) is 5.34. The average molecular weight is 367 g/mol. The predicted molar refractivity (Wildman–Crippen MR) is 80.4 cm³/mol. The number of hydrogen-bond donors (Lipinski definition) is 1. The second kappa shape index (κ2) is 4.40. The standard InChI is InChI=1S/C13H9Br2N3/c14-9-3-1-8(2-4-9)12-13(16)18-7-10(15)5-6-11(18)17-12/h1-7H,16H2. The molecular formula is C13H9Br2N3. The van der Waals surface area contributed by atoms with Gasteiger partial charge in [0.2, 0.25) is 0 Å². The summed E-state index contributed by atoms with van der Waals surface area (Å²) in [6, 6.07) is 11.8. The van der Waals surface area contributed by atoms with Gasteiger partial charge in [-0.1, -0.05) is 28.1 Å². The van der Waals surface area contributed by atoms with E-state index in [1.54, 1.807) is 0 Å². The summed E-state index contributed by atoms with van der Waals surface area (Å²) in [5.74, 6) is 0.647. The van der Waals surface area contributed by atoms with Crippen LogP contribution in [-0.2, 0) is 0 Å². The van der Waals surface area contributed by atoms with Crippen molar-refractivity contribution in [3.63, 3.8) is 0 Å². The van der Waals surface area contributed by atoms with Gasteiger partial charge in [0.15, 0.2) is 0 Å². The van der Waals surface area contributed by atoms with Crippen molar-refractivity contribution in [2.24, 2.45) is 0 Å². The maximum absolute atomic E-state index is 6.15. The number of pyridine rings is 1. The van der Waals surface area contributed by atoms with Crippen LogP contribution in [0.25, 0.3) is 16.9 Å². The topological polar surface area (TPSA) is 43.3 Å². The molecule has 0 saturated heterocycles. The van der Waals surface area contributed by atoms with E-state index in [0.717, 1.165) is 25.8 Å². The largest absolute Gasteiger partial charge is 0.383 e. The summed E-state index contributed by atoms with van der Waals surface area (Å²) in [5, 5.41) is 0. The Morgan fingerprint density at radius 1 is 0.944 bits per heavy atom. The quantitative estimate of drug-likeness (QED) is 0.704. The van der Waals surface area contributed by atoms with Gasteiger partial charge in [0, 0.05) is 20.7 Å². The van der Waals surface area contributed by atoms with Crippen molar-refractivity contribution in [2.75, 3.05) is 5.73 Å². The van der Waals surface area contributed by atoms with Gasteiger partial charge in [-0.3, -0.25) is 4.40 Å². The number of imidazole rings is 1. The lowest BCUT2D eigenvalue weighted by Crippen LogP contribution is -1.93. The summed E-state index contributed by atoms with van der Waals surface area (Å²) in [6.45, 7) is 0. The van der Waals surface area contributed by atoms with Gasteiger partial charge in [0.25, 0.3) is 0 Å². The van der Waals surface area contributed by atoms with Gasteiger partial charge in [0.05, 0.1) is 0 Å². The lowest BCUT2D eigenvalue weighted by molar-refractivity contribution is 1.18. The molecule has 3 nitrogen and oxygen atoms in total. The van der Waals surface area contributed by atoms with Crippen molar-refractivity contribution in [3.8, 4) is 11.3 Å². The molecule has 2 N–H and O–H groups in total. The van der Waals surface area contributed by atoms with Crippen LogP contribution in [0.2, 0.25) is 0 Å². The molecule has 0 bridgehead atoms. The van der Waals surface area contributed by atoms with E-state index in [1.165, 1.54) is 0 Å². The molecule has 1 aromatic carbocycles. The van der Waals surface area contributed by atoms with E-state index in [-0.39, 0.29) is 0 Å². The smallest absolute Gasteiger partial charge is 0.139 e. The van der Waals surface area contributed by atoms with Crippen LogP contribution in [-0.4, -0.2) is 9.38 Å². The number of benzene rings is 1. The average Bonchev–Trinajstić information content (AvgIpc) is 2.68. The Balaban J connectivity index is 2.23. The molecule has 0 atom stereocenters. The first-order chi connectivity index (χ1) is 8.65. The number of halogens is 2. The molecule has 5 heteroatoms. The molecule has 0 aliphatic rings. The normalized spacial score (nSPS) is 11.0. The molecule has 2 aromatic heterocycles. The van der Waals surface area contributed by atoms with Gasteiger partial charge in [-0.15, -0.1) is 0 Å². The number of anilines is 1. The summed E-state index contributed by atoms with van der Waals surface area (Å²) < 4.78 is 3.89. The first kappa shape index (κ1) is 11.7. The van der Waals surface area contributed by atoms with E-state index in [0.29, 0.717) is 5.82 Å². The molecular weight excluding hydrogens is 358 g/mol. The van der Waals surface area contributed by atoms with Crippen LogP contribution in [0.1, 0.15) is 0 Å². The van der Waals surface area contributed by atoms with Gasteiger partial charge < -0.3 is 5.73 Å². The van der Waals surface area contributed by atoms with Crippen LogP contribution in [0.5, 0.6) is 0 Å². The second-order valence-corrected chi connectivity index (χ2v) is 5.76. The van der Waals surface area contributed by atoms with Crippen LogP contribution < -0.4 is 5.73 Å². The van der Waals surface area contributed by atoms with Gasteiger partial charge in [0.1, 0.15) is 17.2 Å². The van der Waals surface area contributed by atoms with Crippen molar-refractivity contribution in [1.29, 1.82) is 0 Å². The van der Waals surface area contributed by atoms with Crippen LogP contribution in [0, 0.1) is 0 Å². The van der Waals surface area contributed by atoms with E-state index in [4.69, 9.17) is 5.73 Å². The Kier molecular flexibility index (Phi) is 2.87. The van der Waals surface area contributed by atoms with Crippen LogP contribution in [0.15, 0.2) is 51.5 Å². The number of fused-ring (bicyclic) bond motifs is 1. The Morgan fingerprint density at radius 3 is 2.33 bits per heavy atom. The molecule has 0 spiro atoms.